The zero-order valence-corrected chi connectivity index (χ0v) is 12.1. The fraction of sp³-hybridized carbons (Fsp3) is 0.154. The molecule has 1 unspecified atom stereocenters. The Bertz CT molecular complexity index is 627. The minimum absolute atomic E-state index is 0.0909. The Morgan fingerprint density at radius 3 is 2.80 bits per heavy atom. The smallest absolute Gasteiger partial charge is 0.326 e. The van der Waals surface area contributed by atoms with Gasteiger partial charge in [-0.05, 0) is 30.7 Å². The van der Waals surface area contributed by atoms with Crippen LogP contribution >= 0.6 is 24.0 Å². The van der Waals surface area contributed by atoms with Crippen LogP contribution < -0.4 is 0 Å². The maximum atomic E-state index is 12.2. The second kappa shape index (κ2) is 5.64. The summed E-state index contributed by atoms with van der Waals surface area (Å²) in [4.78, 5) is 24.6. The number of rotatable bonds is 3. The molecule has 1 amide bonds. The van der Waals surface area contributed by atoms with Crippen LogP contribution in [-0.4, -0.2) is 37.4 Å². The summed E-state index contributed by atoms with van der Waals surface area (Å²) in [5.74, 6) is -1.45. The van der Waals surface area contributed by atoms with E-state index in [1.54, 1.807) is 18.2 Å². The number of hydrogen-bond donors (Lipinski definition) is 2. The summed E-state index contributed by atoms with van der Waals surface area (Å²) in [5, 5.41) is 18.4. The van der Waals surface area contributed by atoms with Crippen LogP contribution in [0.5, 0.6) is 5.75 Å². The largest absolute Gasteiger partial charge is 0.508 e. The third-order valence-electron chi connectivity index (χ3n) is 2.74. The number of aromatic hydroxyl groups is 1. The van der Waals surface area contributed by atoms with E-state index in [0.29, 0.717) is 10.5 Å². The molecule has 0 bridgehead atoms. The SMILES string of the molecule is CC(C(=O)O)N1C(=O)/C(=C/c2cccc(O)c2)SC1=S. The van der Waals surface area contributed by atoms with Crippen molar-refractivity contribution in [2.75, 3.05) is 0 Å². The molecule has 0 radical (unpaired) electrons. The lowest BCUT2D eigenvalue weighted by Crippen LogP contribution is -2.41. The van der Waals surface area contributed by atoms with Crippen molar-refractivity contribution in [3.05, 3.63) is 34.7 Å². The number of phenols is 1. The first-order valence-corrected chi connectivity index (χ1v) is 6.91. The molecule has 7 heteroatoms. The molecule has 0 spiro atoms. The minimum atomic E-state index is -1.11. The third kappa shape index (κ3) is 2.83. The summed E-state index contributed by atoms with van der Waals surface area (Å²) in [7, 11) is 0. The first-order chi connectivity index (χ1) is 9.40. The summed E-state index contributed by atoms with van der Waals surface area (Å²) in [5.41, 5.74) is 0.647. The number of carboxylic acid groups (broad SMARTS) is 1. The van der Waals surface area contributed by atoms with Crippen molar-refractivity contribution in [3.8, 4) is 5.75 Å². The van der Waals surface area contributed by atoms with Crippen LogP contribution in [0.4, 0.5) is 0 Å². The number of aliphatic carboxylic acids is 1. The number of carbonyl (C=O) groups excluding carboxylic acids is 1. The van der Waals surface area contributed by atoms with Crippen LogP contribution in [0.25, 0.3) is 6.08 Å². The Balaban J connectivity index is 2.30. The number of carbonyl (C=O) groups is 2. The number of benzene rings is 1. The van der Waals surface area contributed by atoms with E-state index in [1.807, 2.05) is 0 Å². The Morgan fingerprint density at radius 2 is 2.20 bits per heavy atom. The van der Waals surface area contributed by atoms with E-state index in [1.165, 1.54) is 19.1 Å². The van der Waals surface area contributed by atoms with Crippen LogP contribution in [0, 0.1) is 0 Å². The van der Waals surface area contributed by atoms with Gasteiger partial charge in [-0.25, -0.2) is 4.79 Å². The molecule has 1 fully saturated rings. The van der Waals surface area contributed by atoms with E-state index in [0.717, 1.165) is 16.7 Å². The number of carboxylic acids is 1. The van der Waals surface area contributed by atoms with E-state index in [9.17, 15) is 14.7 Å². The van der Waals surface area contributed by atoms with Crippen LogP contribution in [0.1, 0.15) is 12.5 Å². The number of amides is 1. The molecule has 1 atom stereocenters. The molecule has 104 valence electrons. The van der Waals surface area contributed by atoms with Crippen molar-refractivity contribution >= 4 is 46.3 Å². The molecule has 0 aromatic heterocycles. The first kappa shape index (κ1) is 14.5. The number of hydrogen-bond acceptors (Lipinski definition) is 5. The molecule has 1 heterocycles. The van der Waals surface area contributed by atoms with Gasteiger partial charge < -0.3 is 10.2 Å². The summed E-state index contributed by atoms with van der Waals surface area (Å²) in [6.45, 7) is 1.41. The molecule has 20 heavy (non-hydrogen) atoms. The van der Waals surface area contributed by atoms with Gasteiger partial charge in [-0.3, -0.25) is 9.69 Å². The first-order valence-electron chi connectivity index (χ1n) is 5.69. The van der Waals surface area contributed by atoms with Gasteiger partial charge in [0.05, 0.1) is 4.91 Å². The standard InChI is InChI=1S/C13H11NO4S2/c1-7(12(17)18)14-11(16)10(20-13(14)19)6-8-3-2-4-9(15)5-8/h2-7,15H,1H3,(H,17,18)/b10-6-. The van der Waals surface area contributed by atoms with Gasteiger partial charge in [0, 0.05) is 0 Å². The average molecular weight is 309 g/mol. The second-order valence-electron chi connectivity index (χ2n) is 4.16. The predicted octanol–water partition coefficient (Wildman–Crippen LogP) is 2.07. The van der Waals surface area contributed by atoms with Crippen molar-refractivity contribution in [1.29, 1.82) is 0 Å². The highest BCUT2D eigenvalue weighted by atomic mass is 32.2. The van der Waals surface area contributed by atoms with Gasteiger partial charge in [0.1, 0.15) is 16.1 Å². The lowest BCUT2D eigenvalue weighted by molar-refractivity contribution is -0.144. The zero-order chi connectivity index (χ0) is 14.9. The van der Waals surface area contributed by atoms with Crippen molar-refractivity contribution < 1.29 is 19.8 Å². The van der Waals surface area contributed by atoms with Crippen molar-refractivity contribution in [2.24, 2.45) is 0 Å². The van der Waals surface area contributed by atoms with Gasteiger partial charge in [0.25, 0.3) is 5.91 Å². The monoisotopic (exact) mass is 309 g/mol. The number of phenolic OH excluding ortho intramolecular Hbond substituents is 1. The van der Waals surface area contributed by atoms with Crippen LogP contribution in [-0.2, 0) is 9.59 Å². The molecule has 1 aromatic carbocycles. The highest BCUT2D eigenvalue weighted by molar-refractivity contribution is 8.26. The number of thioether (sulfide) groups is 1. The molecule has 1 saturated heterocycles. The molecular formula is C13H11NO4S2. The van der Waals surface area contributed by atoms with Crippen molar-refractivity contribution in [1.82, 2.24) is 4.90 Å². The second-order valence-corrected chi connectivity index (χ2v) is 5.84. The molecule has 5 nitrogen and oxygen atoms in total. The minimum Gasteiger partial charge on any atom is -0.508 e. The van der Waals surface area contributed by atoms with E-state index in [4.69, 9.17) is 17.3 Å². The van der Waals surface area contributed by atoms with Gasteiger partial charge in [0.15, 0.2) is 0 Å². The molecule has 2 rings (SSSR count). The van der Waals surface area contributed by atoms with E-state index in [-0.39, 0.29) is 10.1 Å². The highest BCUT2D eigenvalue weighted by Gasteiger charge is 2.38. The van der Waals surface area contributed by atoms with Gasteiger partial charge in [-0.15, -0.1) is 0 Å². The Labute approximate surface area is 124 Å². The van der Waals surface area contributed by atoms with Crippen LogP contribution in [0.2, 0.25) is 0 Å². The van der Waals surface area contributed by atoms with Gasteiger partial charge in [0.2, 0.25) is 0 Å². The van der Waals surface area contributed by atoms with Crippen molar-refractivity contribution in [3.63, 3.8) is 0 Å². The Kier molecular flexibility index (Phi) is 4.10. The Hall–Kier alpha value is -1.86. The topological polar surface area (TPSA) is 77.8 Å². The summed E-state index contributed by atoms with van der Waals surface area (Å²) in [6, 6.07) is 5.41. The van der Waals surface area contributed by atoms with E-state index >= 15 is 0 Å². The molecule has 0 aliphatic carbocycles. The number of nitrogens with zero attached hydrogens (tertiary/aromatic N) is 1. The fourth-order valence-corrected chi connectivity index (χ4v) is 3.11. The normalized spacial score (nSPS) is 18.6. The van der Waals surface area contributed by atoms with Crippen LogP contribution in [0.3, 0.4) is 0 Å². The van der Waals surface area contributed by atoms with Crippen molar-refractivity contribution in [2.45, 2.75) is 13.0 Å². The van der Waals surface area contributed by atoms with Crippen LogP contribution in [0.15, 0.2) is 29.2 Å². The average Bonchev–Trinajstić information content (AvgIpc) is 2.63. The van der Waals surface area contributed by atoms with Gasteiger partial charge in [-0.1, -0.05) is 36.1 Å². The van der Waals surface area contributed by atoms with Gasteiger partial charge in [-0.2, -0.15) is 0 Å². The van der Waals surface area contributed by atoms with E-state index < -0.39 is 17.9 Å². The predicted molar refractivity (Wildman–Crippen MR) is 80.2 cm³/mol. The molecular weight excluding hydrogens is 298 g/mol. The van der Waals surface area contributed by atoms with E-state index in [2.05, 4.69) is 0 Å². The summed E-state index contributed by atoms with van der Waals surface area (Å²) < 4.78 is 0.219. The molecule has 1 aliphatic rings. The van der Waals surface area contributed by atoms with Gasteiger partial charge >= 0.3 is 5.97 Å². The molecule has 2 N–H and O–H groups in total. The zero-order valence-electron chi connectivity index (χ0n) is 10.4. The summed E-state index contributed by atoms with van der Waals surface area (Å²) in [6.07, 6.45) is 1.58. The Morgan fingerprint density at radius 1 is 1.50 bits per heavy atom. The lowest BCUT2D eigenvalue weighted by Gasteiger charge is -2.18. The summed E-state index contributed by atoms with van der Waals surface area (Å²) >= 11 is 6.10. The third-order valence-corrected chi connectivity index (χ3v) is 4.07. The maximum Gasteiger partial charge on any atom is 0.326 e. The number of thiocarbonyl (C=S) groups is 1. The molecule has 0 saturated carbocycles. The fourth-order valence-electron chi connectivity index (χ4n) is 1.69. The lowest BCUT2D eigenvalue weighted by atomic mass is 10.2. The quantitative estimate of drug-likeness (QED) is 0.657. The molecule has 1 aromatic rings. The highest BCUT2D eigenvalue weighted by Crippen LogP contribution is 2.34. The molecule has 1 aliphatic heterocycles. The maximum absolute atomic E-state index is 12.2.